The summed E-state index contributed by atoms with van der Waals surface area (Å²) < 4.78 is 39.8. The molecule has 3 rings (SSSR count). The first kappa shape index (κ1) is 25.6. The highest BCUT2D eigenvalue weighted by molar-refractivity contribution is 7.89. The molecule has 161 valence electrons. The van der Waals surface area contributed by atoms with E-state index in [-0.39, 0.29) is 31.6 Å². The van der Waals surface area contributed by atoms with Crippen molar-refractivity contribution in [2.24, 2.45) is 5.92 Å². The molecule has 0 spiro atoms. The topological polar surface area (TPSA) is 66.5 Å². The fourth-order valence-corrected chi connectivity index (χ4v) is 5.39. The maximum Gasteiger partial charge on any atom is 0.243 e. The first-order chi connectivity index (χ1) is 13.0. The third-order valence-corrected chi connectivity index (χ3v) is 7.41. The molecule has 1 saturated heterocycles. The molecule has 1 aromatic rings. The van der Waals surface area contributed by atoms with Gasteiger partial charge >= 0.3 is 0 Å². The molecule has 2 aliphatic rings. The van der Waals surface area contributed by atoms with Crippen molar-refractivity contribution in [3.8, 4) is 0 Å². The van der Waals surface area contributed by atoms with Gasteiger partial charge in [0.1, 0.15) is 5.82 Å². The number of sulfonamides is 1. The number of benzene rings is 1. The van der Waals surface area contributed by atoms with Gasteiger partial charge in [0.2, 0.25) is 15.9 Å². The van der Waals surface area contributed by atoms with Crippen LogP contribution in [0.5, 0.6) is 0 Å². The van der Waals surface area contributed by atoms with Gasteiger partial charge in [0.15, 0.2) is 0 Å². The molecule has 1 N–H and O–H groups in total. The van der Waals surface area contributed by atoms with Crippen LogP contribution in [0.2, 0.25) is 0 Å². The molecule has 0 bridgehead atoms. The first-order valence-electron chi connectivity index (χ1n) is 9.85. The zero-order valence-corrected chi connectivity index (χ0v) is 17.9. The SMILES string of the molecule is O=C(NCC1CCN(S(=O)(=O)c2ccc(F)cc2)C1)[C]1CCCCCCC1.[CH2].[CH2]. The van der Waals surface area contributed by atoms with E-state index in [1.54, 1.807) is 0 Å². The fraction of sp³-hybridized carbons (Fsp3) is 0.545. The molecular weight excluding hydrogens is 391 g/mol. The monoisotopic (exact) mass is 423 g/mol. The van der Waals surface area contributed by atoms with Crippen LogP contribution >= 0.6 is 0 Å². The van der Waals surface area contributed by atoms with Gasteiger partial charge in [0.25, 0.3) is 0 Å². The average molecular weight is 424 g/mol. The summed E-state index contributed by atoms with van der Waals surface area (Å²) in [6.45, 7) is 1.31. The van der Waals surface area contributed by atoms with E-state index in [9.17, 15) is 17.6 Å². The van der Waals surface area contributed by atoms with Crippen LogP contribution in [0, 0.1) is 32.5 Å². The Hall–Kier alpha value is -1.47. The van der Waals surface area contributed by atoms with Crippen LogP contribution in [0.15, 0.2) is 29.2 Å². The highest BCUT2D eigenvalue weighted by Crippen LogP contribution is 2.26. The van der Waals surface area contributed by atoms with Crippen molar-refractivity contribution in [2.75, 3.05) is 19.6 Å². The molecule has 2 fully saturated rings. The van der Waals surface area contributed by atoms with Gasteiger partial charge in [-0.15, -0.1) is 0 Å². The van der Waals surface area contributed by atoms with Crippen LogP contribution in [0.1, 0.15) is 51.4 Å². The molecule has 1 amide bonds. The van der Waals surface area contributed by atoms with Crippen molar-refractivity contribution in [1.29, 1.82) is 0 Å². The van der Waals surface area contributed by atoms with Crippen LogP contribution in [-0.4, -0.2) is 38.3 Å². The number of hydrogen-bond acceptors (Lipinski definition) is 3. The van der Waals surface area contributed by atoms with Gasteiger partial charge in [-0.25, -0.2) is 12.8 Å². The van der Waals surface area contributed by atoms with Crippen molar-refractivity contribution in [2.45, 2.75) is 56.3 Å². The van der Waals surface area contributed by atoms with Crippen molar-refractivity contribution in [1.82, 2.24) is 9.62 Å². The molecule has 1 aliphatic heterocycles. The van der Waals surface area contributed by atoms with Gasteiger partial charge in [0.05, 0.1) is 10.8 Å². The van der Waals surface area contributed by atoms with Crippen LogP contribution in [0.4, 0.5) is 4.39 Å². The Kier molecular flexibility index (Phi) is 10.3. The van der Waals surface area contributed by atoms with E-state index < -0.39 is 15.8 Å². The average Bonchev–Trinajstić information content (AvgIpc) is 3.10. The number of amides is 1. The van der Waals surface area contributed by atoms with Gasteiger partial charge < -0.3 is 5.32 Å². The summed E-state index contributed by atoms with van der Waals surface area (Å²) in [6, 6.07) is 4.91. The number of rotatable bonds is 5. The smallest absolute Gasteiger partial charge is 0.243 e. The quantitative estimate of drug-likeness (QED) is 0.780. The summed E-state index contributed by atoms with van der Waals surface area (Å²) in [5.74, 6) is 0.682. The molecule has 1 aliphatic carbocycles. The zero-order chi connectivity index (χ0) is 19.3. The summed E-state index contributed by atoms with van der Waals surface area (Å²) in [6.07, 6.45) is 8.27. The minimum atomic E-state index is -3.61. The lowest BCUT2D eigenvalue weighted by atomic mass is 9.90. The van der Waals surface area contributed by atoms with E-state index in [0.29, 0.717) is 19.6 Å². The Balaban J connectivity index is 0.00000210. The Bertz CT molecular complexity index is 729. The predicted octanol–water partition coefficient (Wildman–Crippen LogP) is 3.93. The van der Waals surface area contributed by atoms with Gasteiger partial charge in [-0.2, -0.15) is 4.31 Å². The van der Waals surface area contributed by atoms with Gasteiger partial charge in [-0.05, 0) is 49.4 Å². The third kappa shape index (κ3) is 6.78. The maximum absolute atomic E-state index is 13.0. The Morgan fingerprint density at radius 2 is 1.62 bits per heavy atom. The Morgan fingerprint density at radius 3 is 2.24 bits per heavy atom. The minimum absolute atomic E-state index is 0. The molecule has 29 heavy (non-hydrogen) atoms. The lowest BCUT2D eigenvalue weighted by Crippen LogP contribution is -2.35. The van der Waals surface area contributed by atoms with Crippen molar-refractivity contribution in [3.05, 3.63) is 50.9 Å². The number of nitrogens with one attached hydrogen (secondary N) is 1. The van der Waals surface area contributed by atoms with Crippen LogP contribution in [0.3, 0.4) is 0 Å². The van der Waals surface area contributed by atoms with Gasteiger partial charge in [0, 0.05) is 19.6 Å². The highest BCUT2D eigenvalue weighted by Gasteiger charge is 2.33. The Labute approximate surface area is 176 Å². The molecule has 0 aromatic heterocycles. The largest absolute Gasteiger partial charge is 0.355 e. The molecule has 5 radical (unpaired) electrons. The molecule has 1 aromatic carbocycles. The lowest BCUT2D eigenvalue weighted by Gasteiger charge is -2.20. The van der Waals surface area contributed by atoms with E-state index in [2.05, 4.69) is 5.32 Å². The second kappa shape index (κ2) is 11.6. The fourth-order valence-electron chi connectivity index (χ4n) is 3.86. The number of hydrogen-bond donors (Lipinski definition) is 1. The van der Waals surface area contributed by atoms with E-state index in [0.717, 1.165) is 50.2 Å². The third-order valence-electron chi connectivity index (χ3n) is 5.53. The maximum atomic E-state index is 13.0. The first-order valence-corrected chi connectivity index (χ1v) is 11.3. The highest BCUT2D eigenvalue weighted by atomic mass is 32.2. The van der Waals surface area contributed by atoms with Crippen molar-refractivity contribution >= 4 is 15.9 Å². The molecule has 7 heteroatoms. The molecule has 1 heterocycles. The summed E-state index contributed by atoms with van der Waals surface area (Å²) in [5, 5.41) is 3.01. The van der Waals surface area contributed by atoms with E-state index >= 15 is 0 Å². The van der Waals surface area contributed by atoms with Crippen LogP contribution < -0.4 is 5.32 Å². The molecular formula is C22H32FN2O3S. The molecule has 1 unspecified atom stereocenters. The Morgan fingerprint density at radius 1 is 1.03 bits per heavy atom. The second-order valence-corrected chi connectivity index (χ2v) is 9.49. The number of nitrogens with zero attached hydrogens (tertiary/aromatic N) is 1. The van der Waals surface area contributed by atoms with Crippen LogP contribution in [-0.2, 0) is 14.8 Å². The predicted molar refractivity (Wildman–Crippen MR) is 113 cm³/mol. The number of carbonyl (C=O) groups excluding carboxylic acids is 1. The van der Waals surface area contributed by atoms with Crippen molar-refractivity contribution < 1.29 is 17.6 Å². The lowest BCUT2D eigenvalue weighted by molar-refractivity contribution is -0.120. The second-order valence-electron chi connectivity index (χ2n) is 7.55. The summed E-state index contributed by atoms with van der Waals surface area (Å²) in [5.41, 5.74) is 0. The van der Waals surface area contributed by atoms with Gasteiger partial charge in [-0.3, -0.25) is 4.79 Å². The minimum Gasteiger partial charge on any atom is -0.355 e. The standard InChI is InChI=1S/C20H28FN2O3S.2CH2/c21-18-8-10-19(11-9-18)27(25,26)23-13-12-16(15-23)14-22-20(24)17-6-4-2-1-3-5-7-17;;/h8-11,16H,1-7,12-15H2,(H,22,24);2*1H2. The molecule has 5 nitrogen and oxygen atoms in total. The van der Waals surface area contributed by atoms with E-state index in [1.807, 2.05) is 0 Å². The molecule has 1 saturated carbocycles. The van der Waals surface area contributed by atoms with E-state index in [1.165, 1.54) is 35.7 Å². The van der Waals surface area contributed by atoms with Crippen LogP contribution in [0.25, 0.3) is 0 Å². The zero-order valence-electron chi connectivity index (χ0n) is 17.0. The van der Waals surface area contributed by atoms with Gasteiger partial charge in [-0.1, -0.05) is 47.0 Å². The van der Waals surface area contributed by atoms with Crippen molar-refractivity contribution in [3.63, 3.8) is 0 Å². The number of carbonyl (C=O) groups is 1. The normalized spacial score (nSPS) is 21.3. The summed E-state index contributed by atoms with van der Waals surface area (Å²) in [7, 11) is -3.61. The number of halogens is 1. The summed E-state index contributed by atoms with van der Waals surface area (Å²) in [4.78, 5) is 12.5. The summed E-state index contributed by atoms with van der Waals surface area (Å²) >= 11 is 0. The molecule has 1 atom stereocenters. The van der Waals surface area contributed by atoms with E-state index in [4.69, 9.17) is 0 Å².